The lowest BCUT2D eigenvalue weighted by Crippen LogP contribution is -2.00. The second-order valence-electron chi connectivity index (χ2n) is 2.14. The van der Waals surface area contributed by atoms with Gasteiger partial charge in [0, 0.05) is 0 Å². The van der Waals surface area contributed by atoms with Crippen LogP contribution >= 0.6 is 0 Å². The van der Waals surface area contributed by atoms with Gasteiger partial charge in [-0.3, -0.25) is 0 Å². The van der Waals surface area contributed by atoms with E-state index in [1.165, 1.54) is 0 Å². The molecule has 1 aliphatic heterocycles. The van der Waals surface area contributed by atoms with Gasteiger partial charge < -0.3 is 13.9 Å². The minimum Gasteiger partial charge on any atom is -0.473 e. The molecule has 0 unspecified atom stereocenters. The maximum absolute atomic E-state index is 4.96. The lowest BCUT2D eigenvalue weighted by atomic mass is 10.6. The monoisotopic (exact) mass is 168 g/mol. The largest absolute Gasteiger partial charge is 0.473 e. The van der Waals surface area contributed by atoms with E-state index in [9.17, 15) is 0 Å². The van der Waals surface area contributed by atoms with Crippen LogP contribution in [-0.4, -0.2) is 19.5 Å². The highest BCUT2D eigenvalue weighted by molar-refractivity contribution is 4.79. The van der Waals surface area contributed by atoms with E-state index in [1.807, 2.05) is 12.1 Å². The highest BCUT2D eigenvalue weighted by Gasteiger charge is 2.09. The summed E-state index contributed by atoms with van der Waals surface area (Å²) in [6.45, 7) is 4.90. The molecule has 0 aromatic carbocycles. The van der Waals surface area contributed by atoms with Gasteiger partial charge in [-0.15, -0.1) is 0 Å². The van der Waals surface area contributed by atoms with Gasteiger partial charge in [0.1, 0.15) is 0 Å². The Bertz CT molecular complexity index is 170. The Balaban J connectivity index is 0.000000127. The van der Waals surface area contributed by atoms with Crippen LogP contribution in [0.5, 0.6) is 0 Å². The van der Waals surface area contributed by atoms with Gasteiger partial charge in [0.2, 0.25) is 0 Å². The second-order valence-corrected chi connectivity index (χ2v) is 2.14. The Morgan fingerprint density at radius 3 is 2.00 bits per heavy atom. The van der Waals surface area contributed by atoms with Crippen molar-refractivity contribution in [3.05, 3.63) is 37.3 Å². The standard InChI is InChI=1S/C5H8O2.C4H4O/c1-2-5-6-3-4-7-5;1-2-4-5-3-1/h2,5H,1,3-4H2;1-4H. The highest BCUT2D eigenvalue weighted by atomic mass is 16.7. The van der Waals surface area contributed by atoms with Crippen molar-refractivity contribution in [2.75, 3.05) is 13.2 Å². The molecule has 0 aliphatic carbocycles. The summed E-state index contributed by atoms with van der Waals surface area (Å²) in [6.07, 6.45) is 4.76. The topological polar surface area (TPSA) is 31.6 Å². The zero-order valence-electron chi connectivity index (χ0n) is 6.81. The van der Waals surface area contributed by atoms with Crippen molar-refractivity contribution in [1.29, 1.82) is 0 Å². The first-order chi connectivity index (χ1) is 5.93. The molecule has 2 rings (SSSR count). The molecule has 0 atom stereocenters. The Kier molecular flexibility index (Phi) is 4.19. The van der Waals surface area contributed by atoms with Crippen molar-refractivity contribution in [1.82, 2.24) is 0 Å². The van der Waals surface area contributed by atoms with Crippen molar-refractivity contribution in [3.8, 4) is 0 Å². The normalized spacial score (nSPS) is 16.7. The third-order valence-electron chi connectivity index (χ3n) is 1.27. The summed E-state index contributed by atoms with van der Waals surface area (Å²) in [5.74, 6) is 0. The molecular formula is C9H12O3. The molecule has 66 valence electrons. The zero-order chi connectivity index (χ0) is 8.65. The van der Waals surface area contributed by atoms with Crippen LogP contribution in [0.1, 0.15) is 0 Å². The van der Waals surface area contributed by atoms with Crippen LogP contribution in [0.2, 0.25) is 0 Å². The Hall–Kier alpha value is -1.06. The van der Waals surface area contributed by atoms with Crippen LogP contribution in [0.15, 0.2) is 41.7 Å². The van der Waals surface area contributed by atoms with Crippen molar-refractivity contribution >= 4 is 0 Å². The van der Waals surface area contributed by atoms with Crippen LogP contribution in [0.4, 0.5) is 0 Å². The quantitative estimate of drug-likeness (QED) is 0.599. The molecule has 0 N–H and O–H groups in total. The molecule has 0 saturated carbocycles. The average molecular weight is 168 g/mol. The number of hydrogen-bond donors (Lipinski definition) is 0. The van der Waals surface area contributed by atoms with Gasteiger partial charge in [0.15, 0.2) is 6.29 Å². The fourth-order valence-corrected chi connectivity index (χ4v) is 0.740. The number of hydrogen-bond acceptors (Lipinski definition) is 3. The molecule has 3 nitrogen and oxygen atoms in total. The lowest BCUT2D eigenvalue weighted by Gasteiger charge is -1.97. The lowest BCUT2D eigenvalue weighted by molar-refractivity contribution is -0.00126. The van der Waals surface area contributed by atoms with Gasteiger partial charge in [-0.1, -0.05) is 6.58 Å². The van der Waals surface area contributed by atoms with Crippen molar-refractivity contribution in [2.45, 2.75) is 6.29 Å². The smallest absolute Gasteiger partial charge is 0.176 e. The van der Waals surface area contributed by atoms with Crippen LogP contribution in [0.3, 0.4) is 0 Å². The van der Waals surface area contributed by atoms with E-state index in [4.69, 9.17) is 9.47 Å². The summed E-state index contributed by atoms with van der Waals surface area (Å²) >= 11 is 0. The molecule has 1 aliphatic rings. The van der Waals surface area contributed by atoms with Crippen molar-refractivity contribution in [3.63, 3.8) is 0 Å². The fraction of sp³-hybridized carbons (Fsp3) is 0.333. The molecule has 1 aromatic heterocycles. The third kappa shape index (κ3) is 3.37. The van der Waals surface area contributed by atoms with Crippen LogP contribution in [0, 0.1) is 0 Å². The average Bonchev–Trinajstić information content (AvgIpc) is 2.81. The summed E-state index contributed by atoms with van der Waals surface area (Å²) in [5.41, 5.74) is 0. The third-order valence-corrected chi connectivity index (χ3v) is 1.27. The number of furan rings is 1. The molecule has 2 heterocycles. The summed E-state index contributed by atoms with van der Waals surface area (Å²) in [7, 11) is 0. The first-order valence-electron chi connectivity index (χ1n) is 3.76. The molecule has 0 amide bonds. The van der Waals surface area contributed by atoms with E-state index in [-0.39, 0.29) is 6.29 Å². The summed E-state index contributed by atoms with van der Waals surface area (Å²) < 4.78 is 14.5. The first-order valence-corrected chi connectivity index (χ1v) is 3.76. The Labute approximate surface area is 71.6 Å². The van der Waals surface area contributed by atoms with Gasteiger partial charge in [-0.25, -0.2) is 0 Å². The molecule has 1 aromatic rings. The van der Waals surface area contributed by atoms with E-state index in [2.05, 4.69) is 11.0 Å². The van der Waals surface area contributed by atoms with E-state index >= 15 is 0 Å². The number of ether oxygens (including phenoxy) is 2. The molecule has 12 heavy (non-hydrogen) atoms. The van der Waals surface area contributed by atoms with E-state index < -0.39 is 0 Å². The minimum absolute atomic E-state index is 0.139. The molecule has 0 bridgehead atoms. The summed E-state index contributed by atoms with van der Waals surface area (Å²) in [6, 6.07) is 3.67. The Morgan fingerprint density at radius 2 is 1.75 bits per heavy atom. The Morgan fingerprint density at radius 1 is 1.17 bits per heavy atom. The summed E-state index contributed by atoms with van der Waals surface area (Å²) in [5, 5.41) is 0. The van der Waals surface area contributed by atoms with E-state index in [0.717, 1.165) is 0 Å². The van der Waals surface area contributed by atoms with Gasteiger partial charge in [0.25, 0.3) is 0 Å². The van der Waals surface area contributed by atoms with Crippen LogP contribution in [0.25, 0.3) is 0 Å². The van der Waals surface area contributed by atoms with Gasteiger partial charge in [-0.2, -0.15) is 0 Å². The molecule has 1 saturated heterocycles. The maximum atomic E-state index is 4.96. The fourth-order valence-electron chi connectivity index (χ4n) is 0.740. The highest BCUT2D eigenvalue weighted by Crippen LogP contribution is 2.02. The van der Waals surface area contributed by atoms with Crippen LogP contribution < -0.4 is 0 Å². The molecular weight excluding hydrogens is 156 g/mol. The van der Waals surface area contributed by atoms with Crippen LogP contribution in [-0.2, 0) is 9.47 Å². The first kappa shape index (κ1) is 9.03. The zero-order valence-corrected chi connectivity index (χ0v) is 6.81. The maximum Gasteiger partial charge on any atom is 0.176 e. The molecule has 0 radical (unpaired) electrons. The predicted octanol–water partition coefficient (Wildman–Crippen LogP) is 1.82. The van der Waals surface area contributed by atoms with Gasteiger partial charge in [0.05, 0.1) is 25.7 Å². The molecule has 0 spiro atoms. The van der Waals surface area contributed by atoms with E-state index in [1.54, 1.807) is 18.6 Å². The van der Waals surface area contributed by atoms with E-state index in [0.29, 0.717) is 13.2 Å². The van der Waals surface area contributed by atoms with Gasteiger partial charge >= 0.3 is 0 Å². The van der Waals surface area contributed by atoms with Crippen molar-refractivity contribution in [2.24, 2.45) is 0 Å². The van der Waals surface area contributed by atoms with Crippen molar-refractivity contribution < 1.29 is 13.9 Å². The number of rotatable bonds is 1. The molecule has 3 heteroatoms. The molecule has 1 fully saturated rings. The summed E-state index contributed by atoms with van der Waals surface area (Å²) in [4.78, 5) is 0. The predicted molar refractivity (Wildman–Crippen MR) is 44.6 cm³/mol. The second kappa shape index (κ2) is 5.57. The van der Waals surface area contributed by atoms with Gasteiger partial charge in [-0.05, 0) is 18.2 Å². The SMILES string of the molecule is C=CC1OCCO1.c1ccoc1. The minimum atomic E-state index is -0.139.